The fraction of sp³-hybridized carbons (Fsp3) is 0.417. The first-order valence-corrected chi connectivity index (χ1v) is 12.3. The van der Waals surface area contributed by atoms with Crippen LogP contribution in [0.2, 0.25) is 0 Å². The second-order valence-electron chi connectivity index (χ2n) is 9.03. The molecule has 0 aromatic heterocycles. The summed E-state index contributed by atoms with van der Waals surface area (Å²) in [5, 5.41) is 2.90. The minimum Gasteiger partial charge on any atom is -0.350 e. The molecule has 0 aliphatic heterocycles. The lowest BCUT2D eigenvalue weighted by Gasteiger charge is -2.33. The van der Waals surface area contributed by atoms with E-state index in [-0.39, 0.29) is 12.5 Å². The van der Waals surface area contributed by atoms with Gasteiger partial charge in [0.2, 0.25) is 21.8 Å². The minimum atomic E-state index is -3.72. The van der Waals surface area contributed by atoms with E-state index >= 15 is 0 Å². The Morgan fingerprint density at radius 2 is 1.56 bits per heavy atom. The molecule has 0 aliphatic rings. The molecule has 0 saturated heterocycles. The highest BCUT2D eigenvalue weighted by Crippen LogP contribution is 2.20. The SMILES string of the molecule is Cc1ccc(N(CC(=O)N(Cc2ccccc2)C(C)C(=O)NC(C)(C)C)S(C)(=O)=O)cc1. The Bertz CT molecular complexity index is 1030. The van der Waals surface area contributed by atoms with E-state index in [0.29, 0.717) is 5.69 Å². The molecule has 2 aromatic carbocycles. The van der Waals surface area contributed by atoms with Gasteiger partial charge in [-0.2, -0.15) is 0 Å². The van der Waals surface area contributed by atoms with Gasteiger partial charge in [-0.05, 0) is 52.3 Å². The molecule has 1 atom stereocenters. The number of carbonyl (C=O) groups excluding carboxylic acids is 2. The van der Waals surface area contributed by atoms with Crippen molar-refractivity contribution in [2.75, 3.05) is 17.1 Å². The Balaban J connectivity index is 2.36. The van der Waals surface area contributed by atoms with E-state index < -0.39 is 34.1 Å². The molecule has 0 fully saturated rings. The number of sulfonamides is 1. The van der Waals surface area contributed by atoms with Crippen LogP contribution in [-0.2, 0) is 26.2 Å². The Labute approximate surface area is 191 Å². The molecule has 0 saturated carbocycles. The van der Waals surface area contributed by atoms with Gasteiger partial charge in [0.15, 0.2) is 0 Å². The molecule has 0 aliphatic carbocycles. The van der Waals surface area contributed by atoms with E-state index in [1.807, 2.05) is 58.0 Å². The average Bonchev–Trinajstić information content (AvgIpc) is 2.69. The first kappa shape index (κ1) is 25.4. The zero-order valence-electron chi connectivity index (χ0n) is 19.6. The molecule has 0 spiro atoms. The summed E-state index contributed by atoms with van der Waals surface area (Å²) in [6, 6.07) is 15.4. The number of nitrogens with one attached hydrogen (secondary N) is 1. The summed E-state index contributed by atoms with van der Waals surface area (Å²) in [6.45, 7) is 8.93. The van der Waals surface area contributed by atoms with Crippen LogP contribution in [0.25, 0.3) is 0 Å². The zero-order valence-corrected chi connectivity index (χ0v) is 20.4. The van der Waals surface area contributed by atoms with Crippen molar-refractivity contribution < 1.29 is 18.0 Å². The fourth-order valence-corrected chi connectivity index (χ4v) is 4.01. The number of hydrogen-bond donors (Lipinski definition) is 1. The average molecular weight is 460 g/mol. The largest absolute Gasteiger partial charge is 0.350 e. The summed E-state index contributed by atoms with van der Waals surface area (Å²) >= 11 is 0. The summed E-state index contributed by atoms with van der Waals surface area (Å²) in [5.41, 5.74) is 1.76. The van der Waals surface area contributed by atoms with Crippen LogP contribution in [0.3, 0.4) is 0 Å². The first-order chi connectivity index (χ1) is 14.8. The summed E-state index contributed by atoms with van der Waals surface area (Å²) in [7, 11) is -3.72. The Morgan fingerprint density at radius 3 is 2.06 bits per heavy atom. The number of benzene rings is 2. The summed E-state index contributed by atoms with van der Waals surface area (Å²) in [4.78, 5) is 27.7. The molecule has 32 heavy (non-hydrogen) atoms. The third-order valence-corrected chi connectivity index (χ3v) is 6.00. The highest BCUT2D eigenvalue weighted by molar-refractivity contribution is 7.92. The maximum Gasteiger partial charge on any atom is 0.244 e. The van der Waals surface area contributed by atoms with Crippen molar-refractivity contribution in [3.05, 3.63) is 65.7 Å². The zero-order chi connectivity index (χ0) is 24.1. The molecule has 1 unspecified atom stereocenters. The topological polar surface area (TPSA) is 86.8 Å². The van der Waals surface area contributed by atoms with E-state index in [1.165, 1.54) is 4.90 Å². The third kappa shape index (κ3) is 7.37. The highest BCUT2D eigenvalue weighted by atomic mass is 32.2. The molecular formula is C24H33N3O4S. The Morgan fingerprint density at radius 1 is 1.00 bits per heavy atom. The van der Waals surface area contributed by atoms with Gasteiger partial charge in [0.25, 0.3) is 0 Å². The van der Waals surface area contributed by atoms with Gasteiger partial charge >= 0.3 is 0 Å². The molecule has 0 bridgehead atoms. The summed E-state index contributed by atoms with van der Waals surface area (Å²) in [5.74, 6) is -0.764. The molecular weight excluding hydrogens is 426 g/mol. The number of amides is 2. The van der Waals surface area contributed by atoms with Crippen LogP contribution in [0, 0.1) is 6.92 Å². The molecule has 0 radical (unpaired) electrons. The van der Waals surface area contributed by atoms with Crippen molar-refractivity contribution in [1.82, 2.24) is 10.2 Å². The maximum absolute atomic E-state index is 13.4. The molecule has 0 heterocycles. The van der Waals surface area contributed by atoms with Gasteiger partial charge in [0.1, 0.15) is 12.6 Å². The highest BCUT2D eigenvalue weighted by Gasteiger charge is 2.31. The van der Waals surface area contributed by atoms with Crippen molar-refractivity contribution in [2.45, 2.75) is 52.7 Å². The van der Waals surface area contributed by atoms with Crippen LogP contribution in [-0.4, -0.2) is 49.5 Å². The molecule has 2 aromatic rings. The minimum absolute atomic E-state index is 0.184. The second-order valence-corrected chi connectivity index (χ2v) is 10.9. The predicted octanol–water partition coefficient (Wildman–Crippen LogP) is 3.09. The monoisotopic (exact) mass is 459 g/mol. The summed E-state index contributed by atoms with van der Waals surface area (Å²) < 4.78 is 26.1. The number of rotatable bonds is 8. The molecule has 8 heteroatoms. The number of carbonyl (C=O) groups is 2. The van der Waals surface area contributed by atoms with E-state index in [9.17, 15) is 18.0 Å². The Kier molecular flexibility index (Phi) is 8.07. The van der Waals surface area contributed by atoms with Crippen LogP contribution in [0.1, 0.15) is 38.8 Å². The molecule has 174 valence electrons. The molecule has 2 amide bonds. The smallest absolute Gasteiger partial charge is 0.244 e. The van der Waals surface area contributed by atoms with Crippen LogP contribution in [0.4, 0.5) is 5.69 Å². The van der Waals surface area contributed by atoms with Crippen molar-refractivity contribution in [1.29, 1.82) is 0 Å². The maximum atomic E-state index is 13.4. The normalized spacial score (nSPS) is 12.7. The van der Waals surface area contributed by atoms with Crippen molar-refractivity contribution in [3.8, 4) is 0 Å². The standard InChI is InChI=1S/C24H33N3O4S/c1-18-12-14-21(15-13-18)27(32(6,30)31)17-22(28)26(16-20-10-8-7-9-11-20)19(2)23(29)25-24(3,4)5/h7-15,19H,16-17H2,1-6H3,(H,25,29). The van der Waals surface area contributed by atoms with Crippen molar-refractivity contribution in [3.63, 3.8) is 0 Å². The van der Waals surface area contributed by atoms with Crippen molar-refractivity contribution >= 4 is 27.5 Å². The van der Waals surface area contributed by atoms with E-state index in [0.717, 1.165) is 21.7 Å². The van der Waals surface area contributed by atoms with Gasteiger partial charge in [-0.25, -0.2) is 8.42 Å². The number of hydrogen-bond acceptors (Lipinski definition) is 4. The lowest BCUT2D eigenvalue weighted by Crippen LogP contribution is -2.54. The van der Waals surface area contributed by atoms with Gasteiger partial charge in [-0.15, -0.1) is 0 Å². The molecule has 7 nitrogen and oxygen atoms in total. The van der Waals surface area contributed by atoms with Gasteiger partial charge in [0, 0.05) is 12.1 Å². The second kappa shape index (κ2) is 10.2. The quantitative estimate of drug-likeness (QED) is 0.657. The van der Waals surface area contributed by atoms with Gasteiger partial charge in [-0.3, -0.25) is 13.9 Å². The lowest BCUT2D eigenvalue weighted by atomic mass is 10.1. The number of anilines is 1. The van der Waals surface area contributed by atoms with Gasteiger partial charge < -0.3 is 10.2 Å². The molecule has 2 rings (SSSR count). The number of aryl methyl sites for hydroxylation is 1. The summed E-state index contributed by atoms with van der Waals surface area (Å²) in [6.07, 6.45) is 1.07. The van der Waals surface area contributed by atoms with Crippen LogP contribution >= 0.6 is 0 Å². The molecule has 1 N–H and O–H groups in total. The lowest BCUT2D eigenvalue weighted by molar-refractivity contribution is -0.140. The third-order valence-electron chi connectivity index (χ3n) is 4.86. The fourth-order valence-electron chi connectivity index (χ4n) is 3.16. The van der Waals surface area contributed by atoms with Crippen molar-refractivity contribution in [2.24, 2.45) is 0 Å². The van der Waals surface area contributed by atoms with Gasteiger partial charge in [-0.1, -0.05) is 48.0 Å². The first-order valence-electron chi connectivity index (χ1n) is 10.5. The number of nitrogens with zero attached hydrogens (tertiary/aromatic N) is 2. The van der Waals surface area contributed by atoms with E-state index in [4.69, 9.17) is 0 Å². The Hall–Kier alpha value is -2.87. The van der Waals surface area contributed by atoms with Crippen LogP contribution < -0.4 is 9.62 Å². The van der Waals surface area contributed by atoms with Crippen LogP contribution in [0.15, 0.2) is 54.6 Å². The van der Waals surface area contributed by atoms with E-state index in [2.05, 4.69) is 5.32 Å². The van der Waals surface area contributed by atoms with E-state index in [1.54, 1.807) is 31.2 Å². The van der Waals surface area contributed by atoms with Gasteiger partial charge in [0.05, 0.1) is 11.9 Å². The van der Waals surface area contributed by atoms with Crippen LogP contribution in [0.5, 0.6) is 0 Å². The predicted molar refractivity (Wildman–Crippen MR) is 128 cm³/mol.